The van der Waals surface area contributed by atoms with Crippen LogP contribution in [0.3, 0.4) is 0 Å². The van der Waals surface area contributed by atoms with E-state index in [0.717, 1.165) is 12.3 Å². The molecule has 4 rings (SSSR count). The molecule has 0 aromatic heterocycles. The fourth-order valence-electron chi connectivity index (χ4n) is 4.69. The molecule has 9 atom stereocenters. The van der Waals surface area contributed by atoms with Crippen molar-refractivity contribution in [2.24, 2.45) is 11.8 Å². The number of fused-ring (bicyclic) bond motifs is 1. The third kappa shape index (κ3) is 5.54. The zero-order chi connectivity index (χ0) is 26.9. The van der Waals surface area contributed by atoms with E-state index in [1.54, 1.807) is 12.1 Å². The Balaban J connectivity index is 1.54. The maximum atomic E-state index is 12.5. The first-order valence-corrected chi connectivity index (χ1v) is 11.5. The summed E-state index contributed by atoms with van der Waals surface area (Å²) in [5.74, 6) is -3.57. The van der Waals surface area contributed by atoms with Gasteiger partial charge in [0.2, 0.25) is 12.6 Å². The molecule has 37 heavy (non-hydrogen) atoms. The summed E-state index contributed by atoms with van der Waals surface area (Å²) in [5.41, 5.74) is 0.782. The summed E-state index contributed by atoms with van der Waals surface area (Å²) in [4.78, 5) is 24.2. The number of phenols is 1. The number of rotatable bonds is 7. The molecule has 12 nitrogen and oxygen atoms in total. The van der Waals surface area contributed by atoms with Crippen molar-refractivity contribution >= 4 is 18.0 Å². The lowest BCUT2D eigenvalue weighted by Crippen LogP contribution is -2.61. The van der Waals surface area contributed by atoms with Gasteiger partial charge in [-0.05, 0) is 35.8 Å². The number of carbonyl (C=O) groups is 2. The topological polar surface area (TPSA) is 192 Å². The highest BCUT2D eigenvalue weighted by molar-refractivity contribution is 5.88. The Kier molecular flexibility index (Phi) is 7.97. The number of benzene rings is 1. The van der Waals surface area contributed by atoms with Crippen molar-refractivity contribution in [1.29, 1.82) is 0 Å². The molecule has 1 aromatic rings. The zero-order valence-electron chi connectivity index (χ0n) is 19.5. The number of aliphatic hydroxyl groups excluding tert-OH is 4. The first-order chi connectivity index (χ1) is 17.6. The minimum atomic E-state index is -1.72. The number of carboxylic acid groups (broad SMARTS) is 1. The lowest BCUT2D eigenvalue weighted by atomic mass is 9.85. The number of ether oxygens (including phenoxy) is 4. The van der Waals surface area contributed by atoms with Crippen molar-refractivity contribution in [2.75, 3.05) is 6.61 Å². The molecule has 0 amide bonds. The highest BCUT2D eigenvalue weighted by Crippen LogP contribution is 2.46. The van der Waals surface area contributed by atoms with Gasteiger partial charge in [-0.1, -0.05) is 18.7 Å². The van der Waals surface area contributed by atoms with Crippen molar-refractivity contribution in [1.82, 2.24) is 0 Å². The minimum absolute atomic E-state index is 0.0459. The van der Waals surface area contributed by atoms with Gasteiger partial charge in [0.15, 0.2) is 6.10 Å². The van der Waals surface area contributed by atoms with Crippen LogP contribution in [0.1, 0.15) is 12.0 Å². The molecule has 0 radical (unpaired) electrons. The van der Waals surface area contributed by atoms with Crippen LogP contribution in [0.4, 0.5) is 0 Å². The fraction of sp³-hybridized carbons (Fsp3) is 0.440. The average Bonchev–Trinajstić information content (AvgIpc) is 3.17. The van der Waals surface area contributed by atoms with Crippen LogP contribution in [0.2, 0.25) is 0 Å². The van der Waals surface area contributed by atoms with Gasteiger partial charge in [0.05, 0.1) is 30.5 Å². The molecule has 200 valence electrons. The Morgan fingerprint density at radius 1 is 1.11 bits per heavy atom. The quantitative estimate of drug-likeness (QED) is 0.156. The van der Waals surface area contributed by atoms with Crippen LogP contribution in [-0.4, -0.2) is 92.3 Å². The lowest BCUT2D eigenvalue weighted by Gasteiger charge is -2.43. The van der Waals surface area contributed by atoms with Gasteiger partial charge in [-0.3, -0.25) is 0 Å². The number of carbonyl (C=O) groups excluding carboxylic acids is 1. The predicted octanol–water partition coefficient (Wildman–Crippen LogP) is -0.349. The normalized spacial score (nSPS) is 35.5. The van der Waals surface area contributed by atoms with Crippen molar-refractivity contribution in [3.63, 3.8) is 0 Å². The number of hydrogen-bond donors (Lipinski definition) is 6. The van der Waals surface area contributed by atoms with Crippen LogP contribution < -0.4 is 0 Å². The molecule has 12 heteroatoms. The number of carboxylic acids is 1. The van der Waals surface area contributed by atoms with Crippen molar-refractivity contribution in [3.8, 4) is 5.75 Å². The SMILES string of the molecule is C=C1[C@H]2[C@H](O[C@H]3O[C@@H](CO)[C@@H](O)[C@@H](O)[C@H]3OC(=O)/C=C\c3ccc(O)cc3)OC=C(C(=O)O)[C@H]2C[C@@H]1O. The van der Waals surface area contributed by atoms with E-state index >= 15 is 0 Å². The minimum Gasteiger partial charge on any atom is -0.508 e. The fourth-order valence-corrected chi connectivity index (χ4v) is 4.69. The summed E-state index contributed by atoms with van der Waals surface area (Å²) < 4.78 is 22.3. The third-order valence-corrected chi connectivity index (χ3v) is 6.69. The molecule has 1 aliphatic carbocycles. The molecular formula is C25H28O12. The summed E-state index contributed by atoms with van der Waals surface area (Å²) in [6.45, 7) is 3.14. The standard InChI is InChI=1S/C25H28O12/c1-11-16(28)8-14-15(23(32)33)10-34-24(19(11)14)37-25-22(21(31)20(30)17(9-26)35-25)36-18(29)7-4-12-2-5-13(27)6-3-12/h2-7,10,14,16-17,19-22,24-28,30-31H,1,8-9H2,(H,32,33)/b7-4-/t14-,16+,17+,19-,20-,21-,22-,24+,25-/m1/s1. The van der Waals surface area contributed by atoms with Crippen LogP contribution in [0, 0.1) is 11.8 Å². The second-order valence-corrected chi connectivity index (χ2v) is 9.01. The van der Waals surface area contributed by atoms with Gasteiger partial charge in [0.25, 0.3) is 0 Å². The monoisotopic (exact) mass is 520 g/mol. The molecule has 2 heterocycles. The number of aliphatic carboxylic acids is 1. The predicted molar refractivity (Wildman–Crippen MR) is 123 cm³/mol. The Hall–Kier alpha value is -3.26. The van der Waals surface area contributed by atoms with Gasteiger partial charge in [0.1, 0.15) is 24.1 Å². The van der Waals surface area contributed by atoms with Crippen LogP contribution >= 0.6 is 0 Å². The van der Waals surface area contributed by atoms with E-state index in [2.05, 4.69) is 6.58 Å². The maximum Gasteiger partial charge on any atom is 0.334 e. The van der Waals surface area contributed by atoms with E-state index < -0.39 is 73.5 Å². The first kappa shape index (κ1) is 26.8. The summed E-state index contributed by atoms with van der Waals surface area (Å²) in [6.07, 6.45) is -6.44. The van der Waals surface area contributed by atoms with Gasteiger partial charge in [-0.25, -0.2) is 9.59 Å². The summed E-state index contributed by atoms with van der Waals surface area (Å²) in [6, 6.07) is 5.96. The maximum absolute atomic E-state index is 12.5. The Labute approximate surface area is 211 Å². The van der Waals surface area contributed by atoms with Crippen molar-refractivity contribution in [2.45, 2.75) is 49.5 Å². The van der Waals surface area contributed by atoms with Crippen LogP contribution in [0.15, 0.2) is 54.3 Å². The van der Waals surface area contributed by atoms with Gasteiger partial charge < -0.3 is 49.6 Å². The zero-order valence-corrected chi connectivity index (χ0v) is 19.5. The second-order valence-electron chi connectivity index (χ2n) is 9.01. The van der Waals surface area contributed by atoms with Gasteiger partial charge >= 0.3 is 11.9 Å². The summed E-state index contributed by atoms with van der Waals surface area (Å²) in [7, 11) is 0. The highest BCUT2D eigenvalue weighted by Gasteiger charge is 2.53. The van der Waals surface area contributed by atoms with Gasteiger partial charge in [-0.15, -0.1) is 0 Å². The Bertz CT molecular complexity index is 1080. The van der Waals surface area contributed by atoms with Crippen LogP contribution in [0.5, 0.6) is 5.75 Å². The molecular weight excluding hydrogens is 492 g/mol. The Morgan fingerprint density at radius 3 is 2.46 bits per heavy atom. The molecule has 1 saturated heterocycles. The van der Waals surface area contributed by atoms with E-state index in [1.807, 2.05) is 0 Å². The van der Waals surface area contributed by atoms with Crippen molar-refractivity contribution < 1.29 is 59.2 Å². The number of aromatic hydroxyl groups is 1. The number of phenolic OH excluding ortho intramolecular Hbond substituents is 1. The molecule has 2 aliphatic heterocycles. The van der Waals surface area contributed by atoms with Gasteiger partial charge in [0, 0.05) is 12.0 Å². The number of aliphatic hydroxyl groups is 4. The summed E-state index contributed by atoms with van der Waals surface area (Å²) >= 11 is 0. The average molecular weight is 520 g/mol. The lowest BCUT2D eigenvalue weighted by molar-refractivity contribution is -0.340. The van der Waals surface area contributed by atoms with Crippen LogP contribution in [-0.2, 0) is 28.5 Å². The highest BCUT2D eigenvalue weighted by atomic mass is 16.8. The Morgan fingerprint density at radius 2 is 1.81 bits per heavy atom. The molecule has 1 saturated carbocycles. The second kappa shape index (κ2) is 11.0. The molecule has 0 spiro atoms. The first-order valence-electron chi connectivity index (χ1n) is 11.5. The summed E-state index contributed by atoms with van der Waals surface area (Å²) in [5, 5.41) is 59.7. The smallest absolute Gasteiger partial charge is 0.334 e. The van der Waals surface area contributed by atoms with E-state index in [0.29, 0.717) is 5.56 Å². The largest absolute Gasteiger partial charge is 0.508 e. The molecule has 3 aliphatic rings. The molecule has 6 N–H and O–H groups in total. The van der Waals surface area contributed by atoms with E-state index in [9.17, 15) is 40.2 Å². The molecule has 1 aromatic carbocycles. The van der Waals surface area contributed by atoms with Crippen LogP contribution in [0.25, 0.3) is 6.08 Å². The molecule has 0 bridgehead atoms. The third-order valence-electron chi connectivity index (χ3n) is 6.69. The van der Waals surface area contributed by atoms with E-state index in [-0.39, 0.29) is 23.3 Å². The van der Waals surface area contributed by atoms with Crippen molar-refractivity contribution in [3.05, 3.63) is 59.9 Å². The van der Waals surface area contributed by atoms with E-state index in [1.165, 1.54) is 18.2 Å². The molecule has 0 unspecified atom stereocenters. The number of hydrogen-bond acceptors (Lipinski definition) is 11. The van der Waals surface area contributed by atoms with Gasteiger partial charge in [-0.2, -0.15) is 0 Å². The number of esters is 1. The van der Waals surface area contributed by atoms with E-state index in [4.69, 9.17) is 18.9 Å². The molecule has 2 fully saturated rings.